The molecule has 88 valence electrons. The molecule has 0 aliphatic rings. The van der Waals surface area contributed by atoms with Crippen LogP contribution in [-0.4, -0.2) is 4.98 Å². The van der Waals surface area contributed by atoms with Gasteiger partial charge in [-0.05, 0) is 36.2 Å². The molecule has 0 spiro atoms. The first-order chi connectivity index (χ1) is 8.08. The summed E-state index contributed by atoms with van der Waals surface area (Å²) in [7, 11) is 0. The summed E-state index contributed by atoms with van der Waals surface area (Å²) in [4.78, 5) is 4.20. The van der Waals surface area contributed by atoms with Gasteiger partial charge < -0.3 is 5.73 Å². The van der Waals surface area contributed by atoms with E-state index in [0.29, 0.717) is 4.47 Å². The van der Waals surface area contributed by atoms with Crippen molar-refractivity contribution in [1.82, 2.24) is 4.98 Å². The molecule has 0 saturated heterocycles. The molecule has 2 nitrogen and oxygen atoms in total. The van der Waals surface area contributed by atoms with E-state index in [2.05, 4.69) is 20.9 Å². The van der Waals surface area contributed by atoms with Gasteiger partial charge in [-0.15, -0.1) is 0 Å². The molecule has 2 N–H and O–H groups in total. The lowest BCUT2D eigenvalue weighted by atomic mass is 10.0. The van der Waals surface area contributed by atoms with E-state index < -0.39 is 0 Å². The number of halogens is 2. The molecule has 0 aliphatic carbocycles. The van der Waals surface area contributed by atoms with Crippen molar-refractivity contribution in [2.75, 3.05) is 0 Å². The van der Waals surface area contributed by atoms with E-state index in [9.17, 15) is 4.39 Å². The number of hydrogen-bond acceptors (Lipinski definition) is 2. The minimum Gasteiger partial charge on any atom is -0.320 e. The Balaban J connectivity index is 2.36. The Hall–Kier alpha value is -1.26. The second-order valence-electron chi connectivity index (χ2n) is 3.88. The maximum atomic E-state index is 13.0. The zero-order valence-electron chi connectivity index (χ0n) is 9.32. The number of nitrogens with zero attached hydrogens (tertiary/aromatic N) is 1. The number of rotatable bonds is 2. The van der Waals surface area contributed by atoms with Gasteiger partial charge in [0.05, 0.1) is 6.04 Å². The van der Waals surface area contributed by atoms with Crippen LogP contribution in [0.1, 0.15) is 22.9 Å². The summed E-state index contributed by atoms with van der Waals surface area (Å²) in [6.07, 6.45) is 1.75. The van der Waals surface area contributed by atoms with Crippen LogP contribution in [0.25, 0.3) is 0 Å². The van der Waals surface area contributed by atoms with Crippen molar-refractivity contribution in [3.05, 3.63) is 63.6 Å². The first-order valence-corrected chi connectivity index (χ1v) is 6.00. The maximum Gasteiger partial charge on any atom is 0.124 e. The smallest absolute Gasteiger partial charge is 0.124 e. The highest BCUT2D eigenvalue weighted by atomic mass is 79.9. The van der Waals surface area contributed by atoms with Crippen LogP contribution in [0.3, 0.4) is 0 Å². The monoisotopic (exact) mass is 294 g/mol. The van der Waals surface area contributed by atoms with E-state index in [4.69, 9.17) is 5.73 Å². The molecule has 4 heteroatoms. The van der Waals surface area contributed by atoms with Crippen LogP contribution in [-0.2, 0) is 0 Å². The largest absolute Gasteiger partial charge is 0.320 e. The van der Waals surface area contributed by atoms with Gasteiger partial charge in [0.1, 0.15) is 5.82 Å². The number of pyridine rings is 1. The summed E-state index contributed by atoms with van der Waals surface area (Å²) in [5.74, 6) is -0.283. The summed E-state index contributed by atoms with van der Waals surface area (Å²) < 4.78 is 13.7. The molecule has 2 rings (SSSR count). The van der Waals surface area contributed by atoms with Gasteiger partial charge in [0.2, 0.25) is 0 Å². The Morgan fingerprint density at radius 3 is 2.65 bits per heavy atom. The van der Waals surface area contributed by atoms with Crippen molar-refractivity contribution >= 4 is 15.9 Å². The lowest BCUT2D eigenvalue weighted by molar-refractivity contribution is 0.625. The number of nitrogens with two attached hydrogens (primary N) is 1. The van der Waals surface area contributed by atoms with Crippen molar-refractivity contribution in [2.24, 2.45) is 5.73 Å². The molecule has 1 atom stereocenters. The molecule has 17 heavy (non-hydrogen) atoms. The number of aromatic nitrogens is 1. The molecule has 0 bridgehead atoms. The molecule has 1 aromatic heterocycles. The standard InChI is InChI=1S/C13H12BrFN2/c1-8-2-3-9(7-17-8)13(16)11-5-4-10(15)6-12(11)14/h2-7,13H,16H2,1H3. The average molecular weight is 295 g/mol. The lowest BCUT2D eigenvalue weighted by Crippen LogP contribution is -2.13. The predicted octanol–water partition coefficient (Wildman–Crippen LogP) is 3.34. The molecule has 0 radical (unpaired) electrons. The fourth-order valence-corrected chi connectivity index (χ4v) is 2.19. The second-order valence-corrected chi connectivity index (χ2v) is 4.73. The quantitative estimate of drug-likeness (QED) is 0.923. The van der Waals surface area contributed by atoms with Gasteiger partial charge in [-0.2, -0.15) is 0 Å². The van der Waals surface area contributed by atoms with Crippen molar-refractivity contribution in [3.8, 4) is 0 Å². The third-order valence-corrected chi connectivity index (χ3v) is 3.28. The molecule has 0 saturated carbocycles. The fourth-order valence-electron chi connectivity index (χ4n) is 1.60. The molecule has 0 fully saturated rings. The molecule has 0 aliphatic heterocycles. The van der Waals surface area contributed by atoms with E-state index >= 15 is 0 Å². The van der Waals surface area contributed by atoms with Crippen LogP contribution in [0, 0.1) is 12.7 Å². The highest BCUT2D eigenvalue weighted by molar-refractivity contribution is 9.10. The van der Waals surface area contributed by atoms with Crippen LogP contribution in [0.4, 0.5) is 4.39 Å². The Bertz CT molecular complexity index is 525. The van der Waals surface area contributed by atoms with E-state index in [1.165, 1.54) is 12.1 Å². The minimum absolute atomic E-state index is 0.283. The average Bonchev–Trinajstić information content (AvgIpc) is 2.29. The van der Waals surface area contributed by atoms with Crippen LogP contribution in [0.2, 0.25) is 0 Å². The third-order valence-electron chi connectivity index (χ3n) is 2.59. The lowest BCUT2D eigenvalue weighted by Gasteiger charge is -2.14. The Labute approximate surface area is 108 Å². The van der Waals surface area contributed by atoms with Gasteiger partial charge in [-0.1, -0.05) is 28.1 Å². The number of benzene rings is 1. The van der Waals surface area contributed by atoms with Crippen molar-refractivity contribution in [2.45, 2.75) is 13.0 Å². The summed E-state index contributed by atoms with van der Waals surface area (Å²) in [6, 6.07) is 8.04. The fraction of sp³-hybridized carbons (Fsp3) is 0.154. The van der Waals surface area contributed by atoms with Gasteiger partial charge in [0, 0.05) is 16.4 Å². The molecule has 1 unspecified atom stereocenters. The minimum atomic E-state index is -0.307. The highest BCUT2D eigenvalue weighted by Gasteiger charge is 2.12. The van der Waals surface area contributed by atoms with Crippen LogP contribution >= 0.6 is 15.9 Å². The summed E-state index contributed by atoms with van der Waals surface area (Å²) >= 11 is 3.32. The van der Waals surface area contributed by atoms with Gasteiger partial charge >= 0.3 is 0 Å². The first-order valence-electron chi connectivity index (χ1n) is 5.21. The van der Waals surface area contributed by atoms with Gasteiger partial charge in [0.25, 0.3) is 0 Å². The van der Waals surface area contributed by atoms with Crippen LogP contribution < -0.4 is 5.73 Å². The van der Waals surface area contributed by atoms with E-state index in [-0.39, 0.29) is 11.9 Å². The molecular formula is C13H12BrFN2. The van der Waals surface area contributed by atoms with E-state index in [1.807, 2.05) is 19.1 Å². The summed E-state index contributed by atoms with van der Waals surface area (Å²) in [5, 5.41) is 0. The first kappa shape index (κ1) is 12.2. The zero-order valence-corrected chi connectivity index (χ0v) is 10.9. The van der Waals surface area contributed by atoms with E-state index in [1.54, 1.807) is 12.3 Å². The van der Waals surface area contributed by atoms with Gasteiger partial charge in [-0.25, -0.2) is 4.39 Å². The highest BCUT2D eigenvalue weighted by Crippen LogP contribution is 2.27. The van der Waals surface area contributed by atoms with E-state index in [0.717, 1.165) is 16.8 Å². The van der Waals surface area contributed by atoms with Crippen molar-refractivity contribution in [1.29, 1.82) is 0 Å². The maximum absolute atomic E-state index is 13.0. The van der Waals surface area contributed by atoms with Gasteiger partial charge in [-0.3, -0.25) is 4.98 Å². The number of hydrogen-bond donors (Lipinski definition) is 1. The Kier molecular flexibility index (Phi) is 3.54. The molecular weight excluding hydrogens is 283 g/mol. The van der Waals surface area contributed by atoms with Crippen LogP contribution in [0.5, 0.6) is 0 Å². The zero-order chi connectivity index (χ0) is 12.4. The second kappa shape index (κ2) is 4.94. The van der Waals surface area contributed by atoms with Crippen molar-refractivity contribution < 1.29 is 4.39 Å². The SMILES string of the molecule is Cc1ccc(C(N)c2ccc(F)cc2Br)cn1. The third kappa shape index (κ3) is 2.70. The molecule has 1 heterocycles. The number of aryl methyl sites for hydroxylation is 1. The molecule has 0 amide bonds. The topological polar surface area (TPSA) is 38.9 Å². The predicted molar refractivity (Wildman–Crippen MR) is 69.1 cm³/mol. The van der Waals surface area contributed by atoms with Crippen molar-refractivity contribution in [3.63, 3.8) is 0 Å². The van der Waals surface area contributed by atoms with Gasteiger partial charge in [0.15, 0.2) is 0 Å². The summed E-state index contributed by atoms with van der Waals surface area (Å²) in [6.45, 7) is 1.92. The normalized spacial score (nSPS) is 12.5. The molecule has 1 aromatic carbocycles. The Morgan fingerprint density at radius 2 is 2.06 bits per heavy atom. The van der Waals surface area contributed by atoms with Crippen LogP contribution in [0.15, 0.2) is 41.0 Å². The molecule has 2 aromatic rings. The summed E-state index contributed by atoms with van der Waals surface area (Å²) in [5.41, 5.74) is 8.82. The Morgan fingerprint density at radius 1 is 1.29 bits per heavy atom.